The first kappa shape index (κ1) is 22.4. The van der Waals surface area contributed by atoms with E-state index in [1.807, 2.05) is 41.3 Å². The summed E-state index contributed by atoms with van der Waals surface area (Å²) in [6.45, 7) is 7.92. The molecule has 4 rings (SSSR count). The van der Waals surface area contributed by atoms with Gasteiger partial charge in [0.15, 0.2) is 0 Å². The van der Waals surface area contributed by atoms with Crippen LogP contribution in [0.25, 0.3) is 11.3 Å². The second kappa shape index (κ2) is 9.78. The Bertz CT molecular complexity index is 1060. The maximum atomic E-state index is 13.3. The number of benzene rings is 2. The molecule has 2 heterocycles. The van der Waals surface area contributed by atoms with E-state index in [1.54, 1.807) is 0 Å². The van der Waals surface area contributed by atoms with E-state index in [1.165, 1.54) is 0 Å². The molecule has 0 fully saturated rings. The van der Waals surface area contributed by atoms with Gasteiger partial charge in [-0.2, -0.15) is 5.10 Å². The van der Waals surface area contributed by atoms with Gasteiger partial charge in [-0.3, -0.25) is 9.89 Å². The summed E-state index contributed by atoms with van der Waals surface area (Å²) in [6, 6.07) is 15.5. The number of unbranched alkanes of at least 4 members (excludes halogenated alkanes) is 1. The lowest BCUT2D eigenvalue weighted by molar-refractivity contribution is 0.0741. The lowest BCUT2D eigenvalue weighted by Crippen LogP contribution is -2.30. The Morgan fingerprint density at radius 3 is 2.50 bits per heavy atom. The number of fused-ring (bicyclic) bond motifs is 1. The first-order valence-electron chi connectivity index (χ1n) is 11.4. The number of nitrogens with one attached hydrogen (secondary N) is 1. The van der Waals surface area contributed by atoms with Crippen LogP contribution in [0.5, 0.6) is 5.75 Å². The number of aromatic amines is 1. The second-order valence-corrected chi connectivity index (χ2v) is 9.16. The van der Waals surface area contributed by atoms with Gasteiger partial charge in [-0.25, -0.2) is 0 Å². The molecule has 0 spiro atoms. The SMILES string of the molecule is CCCCN1C(=O)c2[nH]nc(-c3ccc(Cl)cc3)c2C1c1ccc(OCCC(C)C)cc1. The van der Waals surface area contributed by atoms with Crippen LogP contribution >= 0.6 is 11.6 Å². The molecule has 1 unspecified atom stereocenters. The predicted octanol–water partition coefficient (Wildman–Crippen LogP) is 6.50. The van der Waals surface area contributed by atoms with Gasteiger partial charge >= 0.3 is 0 Å². The van der Waals surface area contributed by atoms with Crippen LogP contribution < -0.4 is 4.74 Å². The van der Waals surface area contributed by atoms with Crippen molar-refractivity contribution in [2.24, 2.45) is 5.92 Å². The number of nitrogens with zero attached hydrogens (tertiary/aromatic N) is 2. The summed E-state index contributed by atoms with van der Waals surface area (Å²) in [5, 5.41) is 8.19. The number of carbonyl (C=O) groups is 1. The third kappa shape index (κ3) is 4.53. The zero-order valence-electron chi connectivity index (χ0n) is 18.9. The van der Waals surface area contributed by atoms with Gasteiger partial charge in [0.25, 0.3) is 5.91 Å². The minimum atomic E-state index is -0.182. The summed E-state index contributed by atoms with van der Waals surface area (Å²) in [5.41, 5.74) is 4.30. The van der Waals surface area contributed by atoms with E-state index in [4.69, 9.17) is 16.3 Å². The van der Waals surface area contributed by atoms with Crippen LogP contribution in [0.3, 0.4) is 0 Å². The van der Waals surface area contributed by atoms with Gasteiger partial charge in [-0.15, -0.1) is 0 Å². The molecule has 1 atom stereocenters. The molecule has 1 aliphatic rings. The smallest absolute Gasteiger partial charge is 0.273 e. The zero-order chi connectivity index (χ0) is 22.7. The molecule has 1 aromatic heterocycles. The molecule has 0 radical (unpaired) electrons. The Balaban J connectivity index is 1.68. The standard InChI is InChI=1S/C26H30ClN3O2/c1-4-5-15-30-25(19-8-12-21(13-9-19)32-16-14-17(2)3)22-23(28-29-24(22)26(30)31)18-6-10-20(27)11-7-18/h6-13,17,25H,4-5,14-16H2,1-3H3,(H,28,29). The highest BCUT2D eigenvalue weighted by atomic mass is 35.5. The molecule has 0 saturated carbocycles. The van der Waals surface area contributed by atoms with Gasteiger partial charge in [0.1, 0.15) is 11.4 Å². The van der Waals surface area contributed by atoms with Crippen LogP contribution in [0.1, 0.15) is 67.7 Å². The fraction of sp³-hybridized carbons (Fsp3) is 0.385. The molecule has 1 amide bonds. The van der Waals surface area contributed by atoms with Crippen molar-refractivity contribution in [2.75, 3.05) is 13.2 Å². The van der Waals surface area contributed by atoms with Crippen molar-refractivity contribution >= 4 is 17.5 Å². The van der Waals surface area contributed by atoms with Gasteiger partial charge < -0.3 is 9.64 Å². The molecule has 5 nitrogen and oxygen atoms in total. The van der Waals surface area contributed by atoms with E-state index >= 15 is 0 Å². The van der Waals surface area contributed by atoms with Crippen molar-refractivity contribution in [3.8, 4) is 17.0 Å². The minimum absolute atomic E-state index is 0.00317. The third-order valence-electron chi connectivity index (χ3n) is 5.89. The van der Waals surface area contributed by atoms with E-state index in [9.17, 15) is 4.79 Å². The number of hydrogen-bond acceptors (Lipinski definition) is 3. The van der Waals surface area contributed by atoms with E-state index < -0.39 is 0 Å². The number of amides is 1. The van der Waals surface area contributed by atoms with Crippen molar-refractivity contribution in [2.45, 2.75) is 46.1 Å². The lowest BCUT2D eigenvalue weighted by Gasteiger charge is -2.26. The normalized spacial score (nSPS) is 15.5. The lowest BCUT2D eigenvalue weighted by atomic mass is 9.96. The van der Waals surface area contributed by atoms with Crippen molar-refractivity contribution in [3.63, 3.8) is 0 Å². The van der Waals surface area contributed by atoms with Gasteiger partial charge in [0.05, 0.1) is 18.3 Å². The Morgan fingerprint density at radius 1 is 1.12 bits per heavy atom. The third-order valence-corrected chi connectivity index (χ3v) is 6.15. The Kier molecular flexibility index (Phi) is 6.85. The molecule has 32 heavy (non-hydrogen) atoms. The molecular weight excluding hydrogens is 422 g/mol. The van der Waals surface area contributed by atoms with Crippen LogP contribution in [-0.4, -0.2) is 34.2 Å². The van der Waals surface area contributed by atoms with Crippen LogP contribution in [0.2, 0.25) is 5.02 Å². The number of H-pyrrole nitrogens is 1. The predicted molar refractivity (Wildman–Crippen MR) is 128 cm³/mol. The first-order valence-corrected chi connectivity index (χ1v) is 11.7. The maximum Gasteiger partial charge on any atom is 0.273 e. The molecule has 2 aromatic carbocycles. The maximum absolute atomic E-state index is 13.3. The van der Waals surface area contributed by atoms with Crippen LogP contribution in [-0.2, 0) is 0 Å². The summed E-state index contributed by atoms with van der Waals surface area (Å²) in [5.74, 6) is 1.46. The van der Waals surface area contributed by atoms with E-state index in [-0.39, 0.29) is 11.9 Å². The fourth-order valence-electron chi connectivity index (χ4n) is 4.09. The van der Waals surface area contributed by atoms with Gasteiger partial charge in [0.2, 0.25) is 0 Å². The van der Waals surface area contributed by atoms with Crippen molar-refractivity contribution < 1.29 is 9.53 Å². The Hall–Kier alpha value is -2.79. The average molecular weight is 452 g/mol. The number of halogens is 1. The fourth-order valence-corrected chi connectivity index (χ4v) is 4.21. The van der Waals surface area contributed by atoms with Gasteiger partial charge in [0, 0.05) is 22.7 Å². The van der Waals surface area contributed by atoms with Crippen LogP contribution in [0, 0.1) is 5.92 Å². The number of aromatic nitrogens is 2. The Labute approximate surface area is 194 Å². The zero-order valence-corrected chi connectivity index (χ0v) is 19.7. The molecule has 0 aliphatic carbocycles. The number of carbonyl (C=O) groups excluding carboxylic acids is 1. The quantitative estimate of drug-likeness (QED) is 0.404. The van der Waals surface area contributed by atoms with Crippen molar-refractivity contribution in [1.29, 1.82) is 0 Å². The molecule has 1 aliphatic heterocycles. The number of ether oxygens (including phenoxy) is 1. The highest BCUT2D eigenvalue weighted by Crippen LogP contribution is 2.43. The van der Waals surface area contributed by atoms with E-state index in [0.29, 0.717) is 29.8 Å². The summed E-state index contributed by atoms with van der Waals surface area (Å²) >= 11 is 6.08. The molecule has 0 saturated heterocycles. The van der Waals surface area contributed by atoms with Crippen LogP contribution in [0.15, 0.2) is 48.5 Å². The molecule has 3 aromatic rings. The average Bonchev–Trinajstić information content (AvgIpc) is 3.32. The highest BCUT2D eigenvalue weighted by Gasteiger charge is 2.41. The molecular formula is C26H30ClN3O2. The van der Waals surface area contributed by atoms with E-state index in [2.05, 4.69) is 43.1 Å². The molecule has 0 bridgehead atoms. The summed E-state index contributed by atoms with van der Waals surface area (Å²) in [7, 11) is 0. The van der Waals surface area contributed by atoms with Gasteiger partial charge in [-0.05, 0) is 48.6 Å². The highest BCUT2D eigenvalue weighted by molar-refractivity contribution is 6.30. The van der Waals surface area contributed by atoms with Gasteiger partial charge in [-0.1, -0.05) is 63.1 Å². The summed E-state index contributed by atoms with van der Waals surface area (Å²) in [4.78, 5) is 15.2. The second-order valence-electron chi connectivity index (χ2n) is 8.72. The number of rotatable bonds is 9. The largest absolute Gasteiger partial charge is 0.494 e. The summed E-state index contributed by atoms with van der Waals surface area (Å²) < 4.78 is 5.89. The minimum Gasteiger partial charge on any atom is -0.494 e. The van der Waals surface area contributed by atoms with Crippen molar-refractivity contribution in [3.05, 3.63) is 70.4 Å². The van der Waals surface area contributed by atoms with Crippen LogP contribution in [0.4, 0.5) is 0 Å². The van der Waals surface area contributed by atoms with Crippen molar-refractivity contribution in [1.82, 2.24) is 15.1 Å². The monoisotopic (exact) mass is 451 g/mol. The molecule has 6 heteroatoms. The molecule has 168 valence electrons. The van der Waals surface area contributed by atoms with E-state index in [0.717, 1.165) is 47.4 Å². The Morgan fingerprint density at radius 2 is 1.84 bits per heavy atom. The molecule has 1 N–H and O–H groups in total. The number of hydrogen-bond donors (Lipinski definition) is 1. The summed E-state index contributed by atoms with van der Waals surface area (Å²) in [6.07, 6.45) is 2.99. The topological polar surface area (TPSA) is 58.2 Å². The first-order chi connectivity index (χ1) is 15.5.